The van der Waals surface area contributed by atoms with Crippen LogP contribution in [0.2, 0.25) is 0 Å². The molecule has 0 radical (unpaired) electrons. The molecule has 1 aromatic carbocycles. The van der Waals surface area contributed by atoms with Gasteiger partial charge in [-0.15, -0.1) is 0 Å². The Morgan fingerprint density at radius 2 is 2.23 bits per heavy atom. The predicted molar refractivity (Wildman–Crippen MR) is 53.5 cm³/mol. The average molecular weight is 171 g/mol. The number of rotatable bonds is 1. The maximum Gasteiger partial charge on any atom is 0.0702 e. The van der Waals surface area contributed by atoms with E-state index in [-0.39, 0.29) is 0 Å². The molecule has 0 fully saturated rings. The molecule has 0 aliphatic heterocycles. The Balaban J connectivity index is 2.62. The Hall–Kier alpha value is -1.90. The fourth-order valence-electron chi connectivity index (χ4n) is 1.26. The summed E-state index contributed by atoms with van der Waals surface area (Å²) in [5, 5.41) is 4.56. The van der Waals surface area contributed by atoms with Gasteiger partial charge < -0.3 is 5.84 Å². The number of nitrogens with zero attached hydrogens (tertiary/aromatic N) is 2. The largest absolute Gasteiger partial charge is 0.323 e. The molecule has 0 bridgehead atoms. The zero-order chi connectivity index (χ0) is 9.10. The van der Waals surface area contributed by atoms with E-state index in [1.54, 1.807) is 12.4 Å². The normalized spacial score (nSPS) is 11.1. The van der Waals surface area contributed by atoms with E-state index in [2.05, 4.69) is 10.1 Å². The summed E-state index contributed by atoms with van der Waals surface area (Å²) in [5.74, 6) is 5.06. The Bertz CT molecular complexity index is 449. The number of aromatic nitrogens is 1. The van der Waals surface area contributed by atoms with Gasteiger partial charge in [-0.1, -0.05) is 12.1 Å². The van der Waals surface area contributed by atoms with Crippen molar-refractivity contribution in [2.24, 2.45) is 10.9 Å². The molecule has 0 spiro atoms. The van der Waals surface area contributed by atoms with Gasteiger partial charge in [-0.2, -0.15) is 5.10 Å². The summed E-state index contributed by atoms with van der Waals surface area (Å²) in [5.41, 5.74) is 1.97. The molecule has 3 heteroatoms. The molecule has 0 unspecified atom stereocenters. The van der Waals surface area contributed by atoms with Gasteiger partial charge in [-0.3, -0.25) is 4.98 Å². The molecule has 0 aliphatic carbocycles. The van der Waals surface area contributed by atoms with E-state index in [1.165, 1.54) is 0 Å². The standard InChI is InChI=1S/C10H9N3/c11-13-7-8-3-4-10-9(6-8)2-1-5-12-10/h1-7H,11H2. The number of benzene rings is 1. The summed E-state index contributed by atoms with van der Waals surface area (Å²) < 4.78 is 0. The minimum Gasteiger partial charge on any atom is -0.323 e. The van der Waals surface area contributed by atoms with E-state index in [4.69, 9.17) is 5.84 Å². The van der Waals surface area contributed by atoms with E-state index < -0.39 is 0 Å². The van der Waals surface area contributed by atoms with Crippen LogP contribution in [0.15, 0.2) is 41.6 Å². The van der Waals surface area contributed by atoms with E-state index in [0.29, 0.717) is 0 Å². The molecule has 64 valence electrons. The lowest BCUT2D eigenvalue weighted by Gasteiger charge is -1.96. The first kappa shape index (κ1) is 7.73. The highest BCUT2D eigenvalue weighted by molar-refractivity contribution is 5.88. The molecule has 2 aromatic rings. The first-order valence-electron chi connectivity index (χ1n) is 3.98. The predicted octanol–water partition coefficient (Wildman–Crippen LogP) is 1.53. The van der Waals surface area contributed by atoms with E-state index >= 15 is 0 Å². The van der Waals surface area contributed by atoms with Gasteiger partial charge in [0.05, 0.1) is 11.7 Å². The summed E-state index contributed by atoms with van der Waals surface area (Å²) in [6.45, 7) is 0. The third kappa shape index (κ3) is 1.49. The Morgan fingerprint density at radius 3 is 3.08 bits per heavy atom. The number of hydrogen-bond acceptors (Lipinski definition) is 3. The van der Waals surface area contributed by atoms with Crippen LogP contribution in [-0.2, 0) is 0 Å². The molecular formula is C10H9N3. The first-order chi connectivity index (χ1) is 6.40. The topological polar surface area (TPSA) is 51.3 Å². The second kappa shape index (κ2) is 3.23. The van der Waals surface area contributed by atoms with Gasteiger partial charge >= 0.3 is 0 Å². The van der Waals surface area contributed by atoms with Crippen molar-refractivity contribution >= 4 is 17.1 Å². The highest BCUT2D eigenvalue weighted by Gasteiger charge is 1.93. The minimum absolute atomic E-state index is 0.983. The highest BCUT2D eigenvalue weighted by atomic mass is 15.1. The molecule has 2 N–H and O–H groups in total. The van der Waals surface area contributed by atoms with Crippen LogP contribution in [0.1, 0.15) is 5.56 Å². The third-order valence-corrected chi connectivity index (χ3v) is 1.85. The molecule has 2 rings (SSSR count). The summed E-state index contributed by atoms with van der Waals surface area (Å²) in [6.07, 6.45) is 3.39. The second-order valence-electron chi connectivity index (χ2n) is 2.73. The van der Waals surface area contributed by atoms with Gasteiger partial charge in [0.15, 0.2) is 0 Å². The summed E-state index contributed by atoms with van der Waals surface area (Å²) in [7, 11) is 0. The van der Waals surface area contributed by atoms with Crippen LogP contribution in [0.25, 0.3) is 10.9 Å². The number of hydrogen-bond donors (Lipinski definition) is 1. The van der Waals surface area contributed by atoms with Crippen molar-refractivity contribution in [3.63, 3.8) is 0 Å². The molecule has 0 saturated heterocycles. The van der Waals surface area contributed by atoms with Crippen molar-refractivity contribution < 1.29 is 0 Å². The molecule has 13 heavy (non-hydrogen) atoms. The van der Waals surface area contributed by atoms with Gasteiger partial charge in [0.2, 0.25) is 0 Å². The molecule has 1 aromatic heterocycles. The van der Waals surface area contributed by atoms with Crippen molar-refractivity contribution in [3.05, 3.63) is 42.1 Å². The van der Waals surface area contributed by atoms with Crippen LogP contribution in [0, 0.1) is 0 Å². The van der Waals surface area contributed by atoms with Crippen LogP contribution < -0.4 is 5.84 Å². The lowest BCUT2D eigenvalue weighted by atomic mass is 10.1. The van der Waals surface area contributed by atoms with Crippen molar-refractivity contribution in [1.82, 2.24) is 4.98 Å². The van der Waals surface area contributed by atoms with E-state index in [9.17, 15) is 0 Å². The Kier molecular flexibility index (Phi) is 1.92. The van der Waals surface area contributed by atoms with Crippen molar-refractivity contribution in [3.8, 4) is 0 Å². The molecule has 0 atom stereocenters. The fourth-order valence-corrected chi connectivity index (χ4v) is 1.26. The van der Waals surface area contributed by atoms with Gasteiger partial charge in [0.1, 0.15) is 0 Å². The smallest absolute Gasteiger partial charge is 0.0702 e. The first-order valence-corrected chi connectivity index (χ1v) is 3.98. The summed E-state index contributed by atoms with van der Waals surface area (Å²) >= 11 is 0. The molecule has 1 heterocycles. The van der Waals surface area contributed by atoms with E-state index in [0.717, 1.165) is 16.5 Å². The monoisotopic (exact) mass is 171 g/mol. The second-order valence-corrected chi connectivity index (χ2v) is 2.73. The summed E-state index contributed by atoms with van der Waals surface area (Å²) in [6, 6.07) is 9.80. The van der Waals surface area contributed by atoms with Gasteiger partial charge in [-0.25, -0.2) is 0 Å². The van der Waals surface area contributed by atoms with E-state index in [1.807, 2.05) is 30.3 Å². The zero-order valence-electron chi connectivity index (χ0n) is 7.01. The lowest BCUT2D eigenvalue weighted by Crippen LogP contribution is -1.86. The lowest BCUT2D eigenvalue weighted by molar-refractivity contribution is 1.26. The van der Waals surface area contributed by atoms with Gasteiger partial charge in [0, 0.05) is 11.6 Å². The molecule has 0 aliphatic rings. The zero-order valence-corrected chi connectivity index (χ0v) is 7.01. The SMILES string of the molecule is NN=Cc1ccc2ncccc2c1. The molecule has 0 amide bonds. The van der Waals surface area contributed by atoms with Crippen LogP contribution in [0.3, 0.4) is 0 Å². The Morgan fingerprint density at radius 1 is 1.31 bits per heavy atom. The van der Waals surface area contributed by atoms with Crippen LogP contribution in [0.4, 0.5) is 0 Å². The minimum atomic E-state index is 0.983. The number of nitrogens with two attached hydrogens (primary N) is 1. The number of pyridine rings is 1. The fraction of sp³-hybridized carbons (Fsp3) is 0. The molecule has 3 nitrogen and oxygen atoms in total. The quantitative estimate of drug-likeness (QED) is 0.402. The van der Waals surface area contributed by atoms with Crippen LogP contribution in [-0.4, -0.2) is 11.2 Å². The van der Waals surface area contributed by atoms with Crippen LogP contribution in [0.5, 0.6) is 0 Å². The molecule has 0 saturated carbocycles. The Labute approximate surface area is 75.9 Å². The van der Waals surface area contributed by atoms with Crippen LogP contribution >= 0.6 is 0 Å². The summed E-state index contributed by atoms with van der Waals surface area (Å²) in [4.78, 5) is 4.21. The van der Waals surface area contributed by atoms with Crippen molar-refractivity contribution in [1.29, 1.82) is 0 Å². The average Bonchev–Trinajstić information content (AvgIpc) is 2.18. The maximum atomic E-state index is 5.06. The van der Waals surface area contributed by atoms with Crippen molar-refractivity contribution in [2.75, 3.05) is 0 Å². The van der Waals surface area contributed by atoms with Crippen molar-refractivity contribution in [2.45, 2.75) is 0 Å². The van der Waals surface area contributed by atoms with Gasteiger partial charge in [0.25, 0.3) is 0 Å². The van der Waals surface area contributed by atoms with Gasteiger partial charge in [-0.05, 0) is 23.8 Å². The number of fused-ring (bicyclic) bond motifs is 1. The molecular weight excluding hydrogens is 162 g/mol. The maximum absolute atomic E-state index is 5.06. The third-order valence-electron chi connectivity index (χ3n) is 1.85. The highest BCUT2D eigenvalue weighted by Crippen LogP contribution is 2.11. The number of hydrazone groups is 1.